The number of aromatic nitrogens is 2. The second kappa shape index (κ2) is 6.52. The normalized spacial score (nSPS) is 11.9. The number of benzene rings is 1. The molecule has 2 aromatic rings. The molecule has 1 amide bonds. The largest absolute Gasteiger partial charge is 0.359 e. The summed E-state index contributed by atoms with van der Waals surface area (Å²) in [5.41, 5.74) is 1.49. The second-order valence-electron chi connectivity index (χ2n) is 5.65. The first kappa shape index (κ1) is 16.5. The van der Waals surface area contributed by atoms with Crippen molar-refractivity contribution in [1.29, 1.82) is 0 Å². The van der Waals surface area contributed by atoms with Gasteiger partial charge < -0.3 is 9.88 Å². The van der Waals surface area contributed by atoms with Gasteiger partial charge in [-0.15, -0.1) is 11.6 Å². The number of carbonyl (C=O) groups excluding carboxylic acids is 1. The van der Waals surface area contributed by atoms with E-state index in [9.17, 15) is 4.79 Å². The van der Waals surface area contributed by atoms with Gasteiger partial charge in [-0.3, -0.25) is 4.79 Å². The number of hydrogen-bond donors (Lipinski definition) is 1. The molecule has 0 aliphatic rings. The van der Waals surface area contributed by atoms with Crippen LogP contribution >= 0.6 is 34.2 Å². The van der Waals surface area contributed by atoms with Crippen molar-refractivity contribution in [2.45, 2.75) is 26.8 Å². The van der Waals surface area contributed by atoms with Crippen LogP contribution in [-0.2, 0) is 17.8 Å². The average Bonchev–Trinajstić information content (AvgIpc) is 2.74. The zero-order valence-corrected chi connectivity index (χ0v) is 15.3. The van der Waals surface area contributed by atoms with Crippen molar-refractivity contribution in [2.24, 2.45) is 5.41 Å². The number of nitrogens with one attached hydrogen (secondary N) is 1. The Morgan fingerprint density at radius 2 is 2.19 bits per heavy atom. The minimum atomic E-state index is -0.508. The average molecular weight is 420 g/mol. The molecule has 1 aromatic carbocycles. The van der Waals surface area contributed by atoms with Gasteiger partial charge in [-0.25, -0.2) is 4.98 Å². The van der Waals surface area contributed by atoms with E-state index < -0.39 is 5.41 Å². The zero-order valence-electron chi connectivity index (χ0n) is 12.4. The Morgan fingerprint density at radius 1 is 1.48 bits per heavy atom. The number of nitrogens with zero attached hydrogens (tertiary/aromatic N) is 2. The molecule has 0 fully saturated rings. The maximum Gasteiger partial charge on any atom is 0.227 e. The van der Waals surface area contributed by atoms with Crippen LogP contribution in [0.5, 0.6) is 0 Å². The number of imidazole rings is 1. The Bertz CT molecular complexity index is 666. The van der Waals surface area contributed by atoms with Crippen LogP contribution in [-0.4, -0.2) is 28.4 Å². The van der Waals surface area contributed by atoms with Gasteiger partial charge in [0.1, 0.15) is 5.82 Å². The van der Waals surface area contributed by atoms with E-state index in [0.29, 0.717) is 18.8 Å². The van der Waals surface area contributed by atoms with Gasteiger partial charge in [0.15, 0.2) is 0 Å². The predicted octanol–water partition coefficient (Wildman–Crippen LogP) is 3.19. The first-order valence-electron chi connectivity index (χ1n) is 6.82. The summed E-state index contributed by atoms with van der Waals surface area (Å²) in [5, 5.41) is 2.73. The highest BCUT2D eigenvalue weighted by molar-refractivity contribution is 14.1. The molecule has 21 heavy (non-hydrogen) atoms. The van der Waals surface area contributed by atoms with Gasteiger partial charge in [0.2, 0.25) is 5.91 Å². The Labute approximate surface area is 143 Å². The maximum atomic E-state index is 12.0. The minimum Gasteiger partial charge on any atom is -0.359 e. The molecule has 4 nitrogen and oxygen atoms in total. The fraction of sp³-hybridized carbons (Fsp3) is 0.467. The topological polar surface area (TPSA) is 46.9 Å². The van der Waals surface area contributed by atoms with Crippen LogP contribution in [0.1, 0.15) is 19.7 Å². The first-order valence-corrected chi connectivity index (χ1v) is 8.43. The summed E-state index contributed by atoms with van der Waals surface area (Å²) in [5.74, 6) is 1.46. The van der Waals surface area contributed by atoms with E-state index in [1.165, 1.54) is 0 Å². The summed E-state index contributed by atoms with van der Waals surface area (Å²) < 4.78 is 3.26. The Balaban J connectivity index is 2.50. The Morgan fingerprint density at radius 3 is 2.81 bits per heavy atom. The lowest BCUT2D eigenvalue weighted by molar-refractivity contribution is -0.129. The van der Waals surface area contributed by atoms with Crippen molar-refractivity contribution >= 4 is 51.1 Å². The lowest BCUT2D eigenvalue weighted by atomic mass is 9.92. The predicted molar refractivity (Wildman–Crippen MR) is 94.7 cm³/mol. The van der Waals surface area contributed by atoms with Crippen molar-refractivity contribution in [1.82, 2.24) is 14.9 Å². The number of hydrogen-bond acceptors (Lipinski definition) is 2. The summed E-state index contributed by atoms with van der Waals surface area (Å²) in [4.78, 5) is 16.7. The standard InChI is InChI=1S/C15H19ClIN3O/c1-15(2,14(21)18-3)9-20-12-5-4-10(17)8-11(12)19-13(20)6-7-16/h4-5,8H,6-7,9H2,1-3H3,(H,18,21). The number of alkyl halides is 1. The van der Waals surface area contributed by atoms with Gasteiger partial charge in [-0.2, -0.15) is 0 Å². The summed E-state index contributed by atoms with van der Waals surface area (Å²) in [6.45, 7) is 4.46. The molecule has 0 atom stereocenters. The molecule has 2 rings (SSSR count). The van der Waals surface area contributed by atoms with Crippen LogP contribution in [0.3, 0.4) is 0 Å². The molecule has 0 saturated heterocycles. The third kappa shape index (κ3) is 3.51. The monoisotopic (exact) mass is 419 g/mol. The van der Waals surface area contributed by atoms with E-state index in [0.717, 1.165) is 20.4 Å². The van der Waals surface area contributed by atoms with Crippen LogP contribution in [0.2, 0.25) is 0 Å². The molecule has 0 saturated carbocycles. The first-order chi connectivity index (χ1) is 9.89. The Hall–Kier alpha value is -0.820. The molecule has 1 heterocycles. The smallest absolute Gasteiger partial charge is 0.227 e. The van der Waals surface area contributed by atoms with E-state index in [2.05, 4.69) is 55.7 Å². The third-order valence-electron chi connectivity index (χ3n) is 3.50. The number of rotatable bonds is 5. The fourth-order valence-corrected chi connectivity index (χ4v) is 3.05. The van der Waals surface area contributed by atoms with Crippen molar-refractivity contribution in [3.63, 3.8) is 0 Å². The van der Waals surface area contributed by atoms with Gasteiger partial charge in [-0.05, 0) is 54.6 Å². The highest BCUT2D eigenvalue weighted by Gasteiger charge is 2.29. The van der Waals surface area contributed by atoms with Crippen LogP contribution in [0.4, 0.5) is 0 Å². The lowest BCUT2D eigenvalue weighted by Gasteiger charge is -2.24. The molecule has 0 spiro atoms. The van der Waals surface area contributed by atoms with E-state index in [-0.39, 0.29) is 5.91 Å². The van der Waals surface area contributed by atoms with Crippen molar-refractivity contribution < 1.29 is 4.79 Å². The van der Waals surface area contributed by atoms with Gasteiger partial charge in [0.05, 0.1) is 16.4 Å². The van der Waals surface area contributed by atoms with Crippen LogP contribution < -0.4 is 5.32 Å². The van der Waals surface area contributed by atoms with Crippen molar-refractivity contribution in [2.75, 3.05) is 12.9 Å². The number of halogens is 2. The highest BCUT2D eigenvalue weighted by Crippen LogP contribution is 2.25. The van der Waals surface area contributed by atoms with Gasteiger partial charge in [0, 0.05) is 29.5 Å². The Kier molecular flexibility index (Phi) is 5.14. The molecule has 0 bridgehead atoms. The van der Waals surface area contributed by atoms with E-state index >= 15 is 0 Å². The molecule has 0 radical (unpaired) electrons. The summed E-state index contributed by atoms with van der Waals surface area (Å²) in [7, 11) is 1.66. The summed E-state index contributed by atoms with van der Waals surface area (Å²) in [6.07, 6.45) is 0.691. The number of fused-ring (bicyclic) bond motifs is 1. The van der Waals surface area contributed by atoms with Crippen LogP contribution in [0.25, 0.3) is 11.0 Å². The molecule has 0 unspecified atom stereocenters. The van der Waals surface area contributed by atoms with E-state index in [4.69, 9.17) is 11.6 Å². The third-order valence-corrected chi connectivity index (χ3v) is 4.36. The SMILES string of the molecule is CNC(=O)C(C)(C)Cn1c(CCCl)nc2cc(I)ccc21. The second-order valence-corrected chi connectivity index (χ2v) is 7.27. The van der Waals surface area contributed by atoms with Crippen LogP contribution in [0.15, 0.2) is 18.2 Å². The molecule has 114 valence electrons. The van der Waals surface area contributed by atoms with Gasteiger partial charge in [0.25, 0.3) is 0 Å². The van der Waals surface area contributed by atoms with E-state index in [1.54, 1.807) is 7.05 Å². The summed E-state index contributed by atoms with van der Waals surface area (Å²) >= 11 is 8.17. The molecule has 0 aliphatic heterocycles. The maximum absolute atomic E-state index is 12.0. The molecule has 1 aromatic heterocycles. The molecule has 6 heteroatoms. The van der Waals surface area contributed by atoms with Crippen molar-refractivity contribution in [3.8, 4) is 0 Å². The van der Waals surface area contributed by atoms with Crippen molar-refractivity contribution in [3.05, 3.63) is 27.6 Å². The quantitative estimate of drug-likeness (QED) is 0.598. The highest BCUT2D eigenvalue weighted by atomic mass is 127. The van der Waals surface area contributed by atoms with Gasteiger partial charge >= 0.3 is 0 Å². The molecular weight excluding hydrogens is 401 g/mol. The minimum absolute atomic E-state index is 0.0201. The zero-order chi connectivity index (χ0) is 15.6. The lowest BCUT2D eigenvalue weighted by Crippen LogP contribution is -2.38. The number of aryl methyl sites for hydroxylation is 1. The van der Waals surface area contributed by atoms with E-state index in [1.807, 2.05) is 13.8 Å². The number of amides is 1. The number of carbonyl (C=O) groups is 1. The molecular formula is C15H19ClIN3O. The summed E-state index contributed by atoms with van der Waals surface area (Å²) in [6, 6.07) is 6.16. The van der Waals surface area contributed by atoms with Crippen LogP contribution in [0, 0.1) is 8.99 Å². The fourth-order valence-electron chi connectivity index (χ4n) is 2.41. The van der Waals surface area contributed by atoms with Gasteiger partial charge in [-0.1, -0.05) is 0 Å². The molecule has 1 N–H and O–H groups in total. The molecule has 0 aliphatic carbocycles.